The summed E-state index contributed by atoms with van der Waals surface area (Å²) in [6.45, 7) is 7.64. The average Bonchev–Trinajstić information content (AvgIpc) is 3.29. The fourth-order valence-corrected chi connectivity index (χ4v) is 3.25. The highest BCUT2D eigenvalue weighted by Gasteiger charge is 2.12. The van der Waals surface area contributed by atoms with Crippen molar-refractivity contribution in [3.8, 4) is 0 Å². The number of carbonyl (C=O) groups is 1. The van der Waals surface area contributed by atoms with Crippen LogP contribution in [-0.4, -0.2) is 41.8 Å². The zero-order chi connectivity index (χ0) is 19.6. The van der Waals surface area contributed by atoms with E-state index in [1.165, 1.54) is 0 Å². The molecule has 3 aromatic heterocycles. The summed E-state index contributed by atoms with van der Waals surface area (Å²) < 4.78 is 7.40. The van der Waals surface area contributed by atoms with E-state index in [-0.39, 0.29) is 5.91 Å². The second-order valence-corrected chi connectivity index (χ2v) is 7.95. The molecule has 3 aromatic rings. The van der Waals surface area contributed by atoms with E-state index >= 15 is 0 Å². The molecule has 0 bridgehead atoms. The fourth-order valence-electron chi connectivity index (χ4n) is 2.65. The Bertz CT molecular complexity index is 937. The summed E-state index contributed by atoms with van der Waals surface area (Å²) in [5.41, 5.74) is 3.30. The third-order valence-electron chi connectivity index (χ3n) is 4.18. The molecule has 0 aromatic carbocycles. The lowest BCUT2D eigenvalue weighted by Crippen LogP contribution is -2.26. The summed E-state index contributed by atoms with van der Waals surface area (Å²) in [7, 11) is 0. The van der Waals surface area contributed by atoms with Crippen LogP contribution in [0.25, 0.3) is 0 Å². The average molecular weight is 499 g/mol. The van der Waals surface area contributed by atoms with E-state index in [1.54, 1.807) is 16.9 Å². The number of aryl methyl sites for hydroxylation is 3. The van der Waals surface area contributed by atoms with Crippen LogP contribution in [-0.2, 0) is 13.2 Å². The summed E-state index contributed by atoms with van der Waals surface area (Å²) in [6.07, 6.45) is 4.51. The Labute approximate surface area is 174 Å². The van der Waals surface area contributed by atoms with Crippen LogP contribution in [0.4, 0.5) is 0 Å². The summed E-state index contributed by atoms with van der Waals surface area (Å²) in [6, 6.07) is 1.71. The molecule has 0 aliphatic carbocycles. The van der Waals surface area contributed by atoms with Gasteiger partial charge in [-0.1, -0.05) is 0 Å². The maximum Gasteiger partial charge on any atom is 0.271 e. The number of carbonyl (C=O) groups excluding carboxylic acids is 1. The maximum absolute atomic E-state index is 12.3. The largest absolute Gasteiger partial charge is 0.351 e. The Kier molecular flexibility index (Phi) is 6.15. The quantitative estimate of drug-likeness (QED) is 0.507. The normalized spacial score (nSPS) is 11.1. The molecule has 0 saturated carbocycles. The topological polar surface area (TPSA) is 82.6 Å². The first kappa shape index (κ1) is 19.8. The second kappa shape index (κ2) is 8.39. The number of rotatable bonds is 7. The van der Waals surface area contributed by atoms with Crippen molar-refractivity contribution in [1.82, 2.24) is 34.7 Å². The minimum absolute atomic E-state index is 0.180. The van der Waals surface area contributed by atoms with Crippen LogP contribution in [0.1, 0.15) is 34.0 Å². The molecule has 0 fully saturated rings. The van der Waals surface area contributed by atoms with Crippen molar-refractivity contribution in [3.63, 3.8) is 0 Å². The van der Waals surface area contributed by atoms with Crippen LogP contribution in [0.3, 0.4) is 0 Å². The number of halogens is 2. The molecule has 3 rings (SSSR count). The van der Waals surface area contributed by atoms with Gasteiger partial charge in [0, 0.05) is 25.5 Å². The molecule has 0 aliphatic rings. The fraction of sp³-hybridized carbons (Fsp3) is 0.412. The van der Waals surface area contributed by atoms with Crippen LogP contribution < -0.4 is 5.32 Å². The van der Waals surface area contributed by atoms with Gasteiger partial charge in [0.2, 0.25) is 0 Å². The van der Waals surface area contributed by atoms with Gasteiger partial charge < -0.3 is 5.32 Å². The first-order valence-corrected chi connectivity index (χ1v) is 10.1. The van der Waals surface area contributed by atoms with Crippen LogP contribution in [0.2, 0.25) is 0 Å². The summed E-state index contributed by atoms with van der Waals surface area (Å²) in [4.78, 5) is 12.3. The van der Waals surface area contributed by atoms with Crippen molar-refractivity contribution in [2.45, 2.75) is 40.4 Å². The summed E-state index contributed by atoms with van der Waals surface area (Å²) >= 11 is 6.96. The molecular weight excluding hydrogens is 478 g/mol. The Morgan fingerprint density at radius 2 is 1.89 bits per heavy atom. The van der Waals surface area contributed by atoms with Crippen molar-refractivity contribution in [2.75, 3.05) is 6.54 Å². The molecule has 0 unspecified atom stereocenters. The monoisotopic (exact) mass is 497 g/mol. The predicted molar refractivity (Wildman–Crippen MR) is 109 cm³/mol. The molecule has 8 nitrogen and oxygen atoms in total. The molecule has 27 heavy (non-hydrogen) atoms. The molecule has 0 aliphatic heterocycles. The van der Waals surface area contributed by atoms with E-state index in [1.807, 2.05) is 36.3 Å². The van der Waals surface area contributed by atoms with Crippen molar-refractivity contribution in [3.05, 3.63) is 50.2 Å². The molecule has 0 atom stereocenters. The predicted octanol–water partition coefficient (Wildman–Crippen LogP) is 3.05. The lowest BCUT2D eigenvalue weighted by Gasteiger charge is -2.05. The highest BCUT2D eigenvalue weighted by Crippen LogP contribution is 2.19. The van der Waals surface area contributed by atoms with Gasteiger partial charge >= 0.3 is 0 Å². The Balaban J connectivity index is 1.50. The number of nitrogens with one attached hydrogen (secondary N) is 1. The third kappa shape index (κ3) is 4.67. The van der Waals surface area contributed by atoms with Crippen molar-refractivity contribution < 1.29 is 4.79 Å². The number of amides is 1. The molecule has 144 valence electrons. The van der Waals surface area contributed by atoms with Gasteiger partial charge in [0.1, 0.15) is 12.4 Å². The molecular formula is C17H21Br2N7O. The Morgan fingerprint density at radius 3 is 2.52 bits per heavy atom. The minimum Gasteiger partial charge on any atom is -0.351 e. The molecule has 10 heteroatoms. The number of aromatic nitrogens is 6. The van der Waals surface area contributed by atoms with Gasteiger partial charge in [-0.05, 0) is 65.1 Å². The lowest BCUT2D eigenvalue weighted by atomic mass is 10.3. The smallest absolute Gasteiger partial charge is 0.271 e. The first-order valence-electron chi connectivity index (χ1n) is 8.56. The van der Waals surface area contributed by atoms with Gasteiger partial charge in [-0.2, -0.15) is 15.3 Å². The Hall–Kier alpha value is -1.94. The van der Waals surface area contributed by atoms with Crippen LogP contribution in [0.5, 0.6) is 0 Å². The van der Waals surface area contributed by atoms with Crippen LogP contribution in [0.15, 0.2) is 27.4 Å². The van der Waals surface area contributed by atoms with Gasteiger partial charge in [0.05, 0.1) is 26.0 Å². The van der Waals surface area contributed by atoms with Gasteiger partial charge in [-0.3, -0.25) is 14.2 Å². The highest BCUT2D eigenvalue weighted by atomic mass is 79.9. The zero-order valence-corrected chi connectivity index (χ0v) is 18.6. The van der Waals surface area contributed by atoms with Gasteiger partial charge in [-0.25, -0.2) is 4.68 Å². The van der Waals surface area contributed by atoms with Gasteiger partial charge in [-0.15, -0.1) is 0 Å². The van der Waals surface area contributed by atoms with E-state index in [9.17, 15) is 4.79 Å². The number of hydrogen-bond acceptors (Lipinski definition) is 4. The second-order valence-electron chi connectivity index (χ2n) is 6.30. The third-order valence-corrected chi connectivity index (χ3v) is 6.11. The molecule has 0 spiro atoms. The van der Waals surface area contributed by atoms with E-state index in [2.05, 4.69) is 52.5 Å². The van der Waals surface area contributed by atoms with Gasteiger partial charge in [0.25, 0.3) is 5.91 Å². The summed E-state index contributed by atoms with van der Waals surface area (Å²) in [5, 5.41) is 16.1. The molecule has 1 amide bonds. The van der Waals surface area contributed by atoms with Crippen molar-refractivity contribution in [2.24, 2.45) is 0 Å². The van der Waals surface area contributed by atoms with E-state index in [0.717, 1.165) is 39.0 Å². The molecule has 0 saturated heterocycles. The van der Waals surface area contributed by atoms with Crippen molar-refractivity contribution >= 4 is 37.8 Å². The van der Waals surface area contributed by atoms with Crippen LogP contribution >= 0.6 is 31.9 Å². The number of nitrogens with zero attached hydrogens (tertiary/aromatic N) is 6. The van der Waals surface area contributed by atoms with Gasteiger partial charge in [0.15, 0.2) is 0 Å². The van der Waals surface area contributed by atoms with E-state index in [4.69, 9.17) is 0 Å². The Morgan fingerprint density at radius 1 is 1.11 bits per heavy atom. The molecule has 3 heterocycles. The molecule has 1 N–H and O–H groups in total. The first-order chi connectivity index (χ1) is 12.8. The lowest BCUT2D eigenvalue weighted by molar-refractivity contribution is 0.0946. The highest BCUT2D eigenvalue weighted by molar-refractivity contribution is 9.10. The van der Waals surface area contributed by atoms with E-state index in [0.29, 0.717) is 18.9 Å². The maximum atomic E-state index is 12.3. The standard InChI is InChI=1S/C17H21Br2N7O/c1-11-14(18)9-24(21-11)7-4-6-20-17(27)15-5-8-25(23-15)10-26-13(3)16(19)12(2)22-26/h5,8-9H,4,6-7,10H2,1-3H3,(H,20,27). The number of hydrogen-bond donors (Lipinski definition) is 1. The molecule has 0 radical (unpaired) electrons. The van der Waals surface area contributed by atoms with E-state index < -0.39 is 0 Å². The minimum atomic E-state index is -0.180. The SMILES string of the molecule is Cc1nn(CCCNC(=O)c2ccn(Cn3nc(C)c(Br)c3C)n2)cc1Br. The summed E-state index contributed by atoms with van der Waals surface area (Å²) in [5.74, 6) is -0.180. The van der Waals surface area contributed by atoms with Crippen molar-refractivity contribution in [1.29, 1.82) is 0 Å². The zero-order valence-electron chi connectivity index (χ0n) is 15.4. The van der Waals surface area contributed by atoms with Crippen LogP contribution in [0, 0.1) is 20.8 Å².